The van der Waals surface area contributed by atoms with Crippen molar-refractivity contribution < 1.29 is 14.7 Å². The molecule has 0 unspecified atom stereocenters. The summed E-state index contributed by atoms with van der Waals surface area (Å²) in [5.74, 6) is -0.993. The van der Waals surface area contributed by atoms with Gasteiger partial charge in [0.05, 0.1) is 0 Å². The van der Waals surface area contributed by atoms with Crippen molar-refractivity contribution >= 4 is 17.7 Å². The molecule has 5 nitrogen and oxygen atoms in total. The van der Waals surface area contributed by atoms with Gasteiger partial charge in [0.15, 0.2) is 0 Å². The number of anilines is 1. The largest absolute Gasteiger partial charge is 0.480 e. The van der Waals surface area contributed by atoms with Crippen LogP contribution in [0.3, 0.4) is 0 Å². The van der Waals surface area contributed by atoms with E-state index >= 15 is 0 Å². The maximum Gasteiger partial charge on any atom is 0.326 e. The average Bonchev–Trinajstić information content (AvgIpc) is 2.90. The Bertz CT molecular complexity index is 528. The van der Waals surface area contributed by atoms with Gasteiger partial charge in [-0.15, -0.1) is 0 Å². The molecule has 0 spiro atoms. The first-order valence-electron chi connectivity index (χ1n) is 7.52. The molecule has 114 valence electrons. The monoisotopic (exact) mass is 290 g/mol. The van der Waals surface area contributed by atoms with Crippen LogP contribution in [0, 0.1) is 0 Å². The average molecular weight is 290 g/mol. The van der Waals surface area contributed by atoms with Crippen molar-refractivity contribution in [3.05, 3.63) is 29.3 Å². The van der Waals surface area contributed by atoms with Crippen molar-refractivity contribution in [3.63, 3.8) is 0 Å². The Morgan fingerprint density at radius 2 is 2.05 bits per heavy atom. The highest BCUT2D eigenvalue weighted by Gasteiger charge is 2.19. The molecule has 2 amide bonds. The predicted molar refractivity (Wildman–Crippen MR) is 81.6 cm³/mol. The molecule has 5 heteroatoms. The minimum absolute atomic E-state index is 0.448. The number of rotatable bonds is 6. The topological polar surface area (TPSA) is 78.4 Å². The van der Waals surface area contributed by atoms with Crippen LogP contribution in [-0.2, 0) is 17.6 Å². The van der Waals surface area contributed by atoms with E-state index in [0.29, 0.717) is 12.1 Å². The molecule has 3 N–H and O–H groups in total. The normalized spacial score (nSPS) is 14.3. The van der Waals surface area contributed by atoms with Crippen LogP contribution in [0.1, 0.15) is 43.7 Å². The lowest BCUT2D eigenvalue weighted by atomic mass is 10.1. The van der Waals surface area contributed by atoms with Crippen molar-refractivity contribution in [1.29, 1.82) is 0 Å². The van der Waals surface area contributed by atoms with Crippen LogP contribution in [0.2, 0.25) is 0 Å². The Hall–Kier alpha value is -2.04. The zero-order valence-corrected chi connectivity index (χ0v) is 12.3. The summed E-state index contributed by atoms with van der Waals surface area (Å²) in [5, 5.41) is 14.3. The summed E-state index contributed by atoms with van der Waals surface area (Å²) < 4.78 is 0. The Morgan fingerprint density at radius 1 is 1.29 bits per heavy atom. The summed E-state index contributed by atoms with van der Waals surface area (Å²) in [6.45, 7) is 1.99. The van der Waals surface area contributed by atoms with Crippen molar-refractivity contribution in [2.24, 2.45) is 0 Å². The molecular formula is C16H22N2O3. The van der Waals surface area contributed by atoms with Crippen LogP contribution in [0.15, 0.2) is 18.2 Å². The van der Waals surface area contributed by atoms with Crippen LogP contribution in [-0.4, -0.2) is 23.1 Å². The second kappa shape index (κ2) is 7.11. The molecule has 1 aromatic carbocycles. The number of benzene rings is 1. The number of amides is 2. The van der Waals surface area contributed by atoms with E-state index in [-0.39, 0.29) is 0 Å². The molecule has 1 aliphatic rings. The van der Waals surface area contributed by atoms with Gasteiger partial charge >= 0.3 is 12.0 Å². The highest BCUT2D eigenvalue weighted by atomic mass is 16.4. The third-order valence-electron chi connectivity index (χ3n) is 3.81. The van der Waals surface area contributed by atoms with Gasteiger partial charge in [0.1, 0.15) is 6.04 Å². The van der Waals surface area contributed by atoms with Gasteiger partial charge in [-0.2, -0.15) is 0 Å². The number of carboxylic acids is 1. The predicted octanol–water partition coefficient (Wildman–Crippen LogP) is 2.94. The van der Waals surface area contributed by atoms with E-state index < -0.39 is 18.0 Å². The Balaban J connectivity index is 1.92. The molecule has 0 saturated carbocycles. The summed E-state index contributed by atoms with van der Waals surface area (Å²) in [7, 11) is 0. The standard InChI is InChI=1S/C16H22N2O3/c1-2-3-7-14(15(19)20)18-16(21)17-13-9-8-11-5-4-6-12(11)10-13/h8-10,14H,2-7H2,1H3,(H,19,20)(H2,17,18,21)/t14-/m0/s1. The number of unbranched alkanes of at least 4 members (excludes halogenated alkanes) is 1. The van der Waals surface area contributed by atoms with E-state index in [0.717, 1.165) is 32.1 Å². The number of carbonyl (C=O) groups excluding carboxylic acids is 1. The molecular weight excluding hydrogens is 268 g/mol. The lowest BCUT2D eigenvalue weighted by Gasteiger charge is -2.15. The van der Waals surface area contributed by atoms with Gasteiger partial charge in [-0.3, -0.25) is 0 Å². The van der Waals surface area contributed by atoms with Gasteiger partial charge < -0.3 is 15.7 Å². The van der Waals surface area contributed by atoms with Gasteiger partial charge in [0.25, 0.3) is 0 Å². The minimum Gasteiger partial charge on any atom is -0.480 e. The fourth-order valence-corrected chi connectivity index (χ4v) is 2.64. The third-order valence-corrected chi connectivity index (χ3v) is 3.81. The highest BCUT2D eigenvalue weighted by molar-refractivity contribution is 5.92. The third kappa shape index (κ3) is 4.21. The fraction of sp³-hybridized carbons (Fsp3) is 0.500. The zero-order valence-electron chi connectivity index (χ0n) is 12.3. The van der Waals surface area contributed by atoms with E-state index in [4.69, 9.17) is 5.11 Å². The van der Waals surface area contributed by atoms with E-state index in [1.54, 1.807) is 0 Å². The van der Waals surface area contributed by atoms with E-state index in [1.807, 2.05) is 25.1 Å². The van der Waals surface area contributed by atoms with E-state index in [1.165, 1.54) is 11.1 Å². The van der Waals surface area contributed by atoms with Crippen LogP contribution >= 0.6 is 0 Å². The van der Waals surface area contributed by atoms with E-state index in [9.17, 15) is 9.59 Å². The molecule has 1 aromatic rings. The molecule has 0 heterocycles. The Labute approximate surface area is 124 Å². The first-order valence-corrected chi connectivity index (χ1v) is 7.52. The molecule has 1 atom stereocenters. The van der Waals surface area contributed by atoms with Crippen LogP contribution in [0.4, 0.5) is 10.5 Å². The molecule has 2 rings (SSSR count). The lowest BCUT2D eigenvalue weighted by molar-refractivity contribution is -0.139. The van der Waals surface area contributed by atoms with Crippen LogP contribution < -0.4 is 10.6 Å². The summed E-state index contributed by atoms with van der Waals surface area (Å²) in [5.41, 5.74) is 3.33. The van der Waals surface area contributed by atoms with Crippen molar-refractivity contribution in [1.82, 2.24) is 5.32 Å². The summed E-state index contributed by atoms with van der Waals surface area (Å²) in [6.07, 6.45) is 5.42. The fourth-order valence-electron chi connectivity index (χ4n) is 2.64. The number of urea groups is 1. The number of fused-ring (bicyclic) bond motifs is 1. The zero-order chi connectivity index (χ0) is 15.2. The second-order valence-corrected chi connectivity index (χ2v) is 5.47. The number of nitrogens with one attached hydrogen (secondary N) is 2. The smallest absolute Gasteiger partial charge is 0.326 e. The molecule has 0 fully saturated rings. The molecule has 1 aliphatic carbocycles. The van der Waals surface area contributed by atoms with Crippen LogP contribution in [0.5, 0.6) is 0 Å². The van der Waals surface area contributed by atoms with Crippen LogP contribution in [0.25, 0.3) is 0 Å². The first kappa shape index (κ1) is 15.4. The van der Waals surface area contributed by atoms with Crippen molar-refractivity contribution in [3.8, 4) is 0 Å². The van der Waals surface area contributed by atoms with Gasteiger partial charge in [-0.05, 0) is 48.9 Å². The Morgan fingerprint density at radius 3 is 2.76 bits per heavy atom. The first-order chi connectivity index (χ1) is 10.1. The van der Waals surface area contributed by atoms with Gasteiger partial charge in [0.2, 0.25) is 0 Å². The summed E-state index contributed by atoms with van der Waals surface area (Å²) in [4.78, 5) is 23.0. The van der Waals surface area contributed by atoms with Gasteiger partial charge in [0, 0.05) is 5.69 Å². The minimum atomic E-state index is -0.993. The molecule has 0 aromatic heterocycles. The number of hydrogen-bond acceptors (Lipinski definition) is 2. The quantitative estimate of drug-likeness (QED) is 0.753. The van der Waals surface area contributed by atoms with Gasteiger partial charge in [-0.25, -0.2) is 9.59 Å². The van der Waals surface area contributed by atoms with E-state index in [2.05, 4.69) is 10.6 Å². The van der Waals surface area contributed by atoms with Crippen molar-refractivity contribution in [2.45, 2.75) is 51.5 Å². The lowest BCUT2D eigenvalue weighted by Crippen LogP contribution is -2.42. The number of carboxylic acid groups (broad SMARTS) is 1. The number of aliphatic carboxylic acids is 1. The summed E-state index contributed by atoms with van der Waals surface area (Å²) >= 11 is 0. The number of hydrogen-bond donors (Lipinski definition) is 3. The molecule has 0 bridgehead atoms. The van der Waals surface area contributed by atoms with Gasteiger partial charge in [-0.1, -0.05) is 25.8 Å². The summed E-state index contributed by atoms with van der Waals surface area (Å²) in [6, 6.07) is 4.58. The number of aryl methyl sites for hydroxylation is 2. The molecule has 0 saturated heterocycles. The SMILES string of the molecule is CCCC[C@H](NC(=O)Nc1ccc2c(c1)CCC2)C(=O)O. The molecule has 21 heavy (non-hydrogen) atoms. The maximum atomic E-state index is 11.9. The Kier molecular flexibility index (Phi) is 5.20. The molecule has 0 aliphatic heterocycles. The van der Waals surface area contributed by atoms with Crippen molar-refractivity contribution in [2.75, 3.05) is 5.32 Å². The molecule has 0 radical (unpaired) electrons. The second-order valence-electron chi connectivity index (χ2n) is 5.47. The maximum absolute atomic E-state index is 11.9. The number of carbonyl (C=O) groups is 2. The highest BCUT2D eigenvalue weighted by Crippen LogP contribution is 2.24.